The molecule has 1 saturated heterocycles. The number of alkyl halides is 2. The maximum absolute atomic E-state index is 13.9. The van der Waals surface area contributed by atoms with E-state index in [4.69, 9.17) is 0 Å². The number of hydrogen-bond acceptors (Lipinski definition) is 2. The van der Waals surface area contributed by atoms with Gasteiger partial charge in [0.1, 0.15) is 0 Å². The van der Waals surface area contributed by atoms with Crippen LogP contribution in [0.5, 0.6) is 0 Å². The predicted octanol–water partition coefficient (Wildman–Crippen LogP) is 2.07. The number of piperazine rings is 1. The van der Waals surface area contributed by atoms with Crippen LogP contribution in [0.15, 0.2) is 30.3 Å². The summed E-state index contributed by atoms with van der Waals surface area (Å²) in [5.41, 5.74) is 0.120. The van der Waals surface area contributed by atoms with Crippen molar-refractivity contribution < 1.29 is 8.78 Å². The smallest absolute Gasteiger partial charge is 0.274 e. The highest BCUT2D eigenvalue weighted by Crippen LogP contribution is 2.31. The van der Waals surface area contributed by atoms with Gasteiger partial charge in [0.15, 0.2) is 0 Å². The average molecular weight is 240 g/mol. The van der Waals surface area contributed by atoms with Crippen LogP contribution < -0.4 is 5.32 Å². The second-order valence-corrected chi connectivity index (χ2v) is 4.41. The summed E-state index contributed by atoms with van der Waals surface area (Å²) in [6.07, 6.45) is -0.100. The van der Waals surface area contributed by atoms with Crippen molar-refractivity contribution in [2.45, 2.75) is 12.3 Å². The van der Waals surface area contributed by atoms with Crippen LogP contribution in [0.25, 0.3) is 0 Å². The van der Waals surface area contributed by atoms with Gasteiger partial charge in [-0.3, -0.25) is 0 Å². The molecule has 1 heterocycles. The lowest BCUT2D eigenvalue weighted by Crippen LogP contribution is -2.44. The zero-order valence-electron chi connectivity index (χ0n) is 9.83. The van der Waals surface area contributed by atoms with E-state index in [1.54, 1.807) is 18.2 Å². The Morgan fingerprint density at radius 2 is 1.76 bits per heavy atom. The van der Waals surface area contributed by atoms with E-state index in [2.05, 4.69) is 10.2 Å². The molecule has 0 amide bonds. The third kappa shape index (κ3) is 3.48. The van der Waals surface area contributed by atoms with Crippen molar-refractivity contribution in [3.05, 3.63) is 35.9 Å². The third-order valence-electron chi connectivity index (χ3n) is 3.15. The van der Waals surface area contributed by atoms with E-state index in [-0.39, 0.29) is 12.0 Å². The molecule has 94 valence electrons. The molecule has 0 spiro atoms. The molecule has 0 aromatic heterocycles. The first kappa shape index (κ1) is 12.5. The van der Waals surface area contributed by atoms with Gasteiger partial charge in [0.25, 0.3) is 5.92 Å². The Bertz CT molecular complexity index is 335. The Kier molecular flexibility index (Phi) is 4.07. The number of halogens is 2. The first-order chi connectivity index (χ1) is 8.18. The molecule has 0 radical (unpaired) electrons. The normalized spacial score (nSPS) is 18.2. The Hall–Kier alpha value is -1.00. The summed E-state index contributed by atoms with van der Waals surface area (Å²) in [6.45, 7) is 3.99. The fraction of sp³-hybridized carbons (Fsp3) is 0.538. The number of benzene rings is 1. The highest BCUT2D eigenvalue weighted by atomic mass is 19.3. The second kappa shape index (κ2) is 5.56. The topological polar surface area (TPSA) is 15.3 Å². The van der Waals surface area contributed by atoms with Gasteiger partial charge in [-0.05, 0) is 0 Å². The van der Waals surface area contributed by atoms with Gasteiger partial charge < -0.3 is 10.2 Å². The number of nitrogens with zero attached hydrogens (tertiary/aromatic N) is 1. The van der Waals surface area contributed by atoms with E-state index in [1.807, 2.05) is 0 Å². The highest BCUT2D eigenvalue weighted by Gasteiger charge is 2.31. The van der Waals surface area contributed by atoms with Gasteiger partial charge in [-0.2, -0.15) is 0 Å². The van der Waals surface area contributed by atoms with Crippen molar-refractivity contribution in [3.63, 3.8) is 0 Å². The minimum absolute atomic E-state index is 0.100. The van der Waals surface area contributed by atoms with Crippen LogP contribution in [0.4, 0.5) is 8.78 Å². The molecule has 0 atom stereocenters. The molecule has 0 bridgehead atoms. The van der Waals surface area contributed by atoms with Crippen LogP contribution in [-0.2, 0) is 5.92 Å². The van der Waals surface area contributed by atoms with Crippen molar-refractivity contribution in [2.24, 2.45) is 0 Å². The van der Waals surface area contributed by atoms with Gasteiger partial charge in [0.2, 0.25) is 0 Å². The molecule has 0 aliphatic carbocycles. The maximum atomic E-state index is 13.9. The Balaban J connectivity index is 1.88. The standard InChI is InChI=1S/C13H18F2N2/c14-13(15,12-4-2-1-3-5-12)6-9-17-10-7-16-8-11-17/h1-5,16H,6-11H2. The number of hydrogen-bond donors (Lipinski definition) is 1. The molecule has 4 heteroatoms. The van der Waals surface area contributed by atoms with Crippen LogP contribution in [0, 0.1) is 0 Å². The first-order valence-electron chi connectivity index (χ1n) is 6.05. The molecular formula is C13H18F2N2. The predicted molar refractivity (Wildman–Crippen MR) is 64.3 cm³/mol. The molecule has 1 aliphatic heterocycles. The van der Waals surface area contributed by atoms with Gasteiger partial charge in [-0.25, -0.2) is 8.78 Å². The zero-order chi connectivity index (χ0) is 12.1. The molecule has 2 nitrogen and oxygen atoms in total. The van der Waals surface area contributed by atoms with Crippen molar-refractivity contribution in [3.8, 4) is 0 Å². The van der Waals surface area contributed by atoms with E-state index in [1.165, 1.54) is 12.1 Å². The summed E-state index contributed by atoms with van der Waals surface area (Å²) in [7, 11) is 0. The Labute approximate surface area is 101 Å². The molecule has 1 aliphatic rings. The van der Waals surface area contributed by atoms with E-state index in [0.29, 0.717) is 6.54 Å². The maximum Gasteiger partial charge on any atom is 0.274 e. The van der Waals surface area contributed by atoms with Crippen molar-refractivity contribution in [2.75, 3.05) is 32.7 Å². The third-order valence-corrected chi connectivity index (χ3v) is 3.15. The zero-order valence-corrected chi connectivity index (χ0v) is 9.83. The fourth-order valence-corrected chi connectivity index (χ4v) is 2.06. The van der Waals surface area contributed by atoms with E-state index >= 15 is 0 Å². The van der Waals surface area contributed by atoms with E-state index in [9.17, 15) is 8.78 Å². The van der Waals surface area contributed by atoms with Crippen LogP contribution in [-0.4, -0.2) is 37.6 Å². The van der Waals surface area contributed by atoms with Gasteiger partial charge >= 0.3 is 0 Å². The van der Waals surface area contributed by atoms with Crippen LogP contribution in [0.1, 0.15) is 12.0 Å². The molecular weight excluding hydrogens is 222 g/mol. The van der Waals surface area contributed by atoms with Gasteiger partial charge in [0.05, 0.1) is 0 Å². The molecule has 1 fully saturated rings. The second-order valence-electron chi connectivity index (χ2n) is 4.41. The van der Waals surface area contributed by atoms with Crippen LogP contribution >= 0.6 is 0 Å². The van der Waals surface area contributed by atoms with E-state index < -0.39 is 5.92 Å². The Morgan fingerprint density at radius 3 is 2.41 bits per heavy atom. The lowest BCUT2D eigenvalue weighted by atomic mass is 10.1. The number of nitrogens with one attached hydrogen (secondary N) is 1. The van der Waals surface area contributed by atoms with Crippen molar-refractivity contribution >= 4 is 0 Å². The van der Waals surface area contributed by atoms with Crippen LogP contribution in [0.3, 0.4) is 0 Å². The van der Waals surface area contributed by atoms with Crippen molar-refractivity contribution in [1.29, 1.82) is 0 Å². The quantitative estimate of drug-likeness (QED) is 0.866. The molecule has 17 heavy (non-hydrogen) atoms. The molecule has 2 rings (SSSR count). The highest BCUT2D eigenvalue weighted by molar-refractivity contribution is 5.19. The summed E-state index contributed by atoms with van der Waals surface area (Å²) < 4.78 is 27.7. The first-order valence-corrected chi connectivity index (χ1v) is 6.05. The largest absolute Gasteiger partial charge is 0.314 e. The van der Waals surface area contributed by atoms with Gasteiger partial charge in [-0.1, -0.05) is 30.3 Å². The Morgan fingerprint density at radius 1 is 1.12 bits per heavy atom. The lowest BCUT2D eigenvalue weighted by molar-refractivity contribution is -0.0226. The van der Waals surface area contributed by atoms with Gasteiger partial charge in [-0.15, -0.1) is 0 Å². The molecule has 1 aromatic rings. The molecule has 0 unspecified atom stereocenters. The summed E-state index contributed by atoms with van der Waals surface area (Å²) in [5.74, 6) is -2.72. The fourth-order valence-electron chi connectivity index (χ4n) is 2.06. The average Bonchev–Trinajstić information content (AvgIpc) is 2.39. The number of rotatable bonds is 4. The molecule has 1 aromatic carbocycles. The molecule has 0 saturated carbocycles. The van der Waals surface area contributed by atoms with E-state index in [0.717, 1.165) is 26.2 Å². The minimum atomic E-state index is -2.72. The summed E-state index contributed by atoms with van der Waals surface area (Å²) >= 11 is 0. The summed E-state index contributed by atoms with van der Waals surface area (Å²) in [6, 6.07) is 8.08. The monoisotopic (exact) mass is 240 g/mol. The summed E-state index contributed by atoms with van der Waals surface area (Å²) in [4.78, 5) is 2.09. The SMILES string of the molecule is FC(F)(CCN1CCNCC1)c1ccccc1. The molecule has 1 N–H and O–H groups in total. The van der Waals surface area contributed by atoms with Gasteiger partial charge in [0, 0.05) is 44.7 Å². The van der Waals surface area contributed by atoms with Crippen molar-refractivity contribution in [1.82, 2.24) is 10.2 Å². The van der Waals surface area contributed by atoms with Crippen LogP contribution in [0.2, 0.25) is 0 Å². The summed E-state index contributed by atoms with van der Waals surface area (Å²) in [5, 5.41) is 3.21. The lowest BCUT2D eigenvalue weighted by Gasteiger charge is -2.28. The minimum Gasteiger partial charge on any atom is -0.314 e.